The molecule has 0 saturated carbocycles. The van der Waals surface area contributed by atoms with E-state index >= 15 is 0 Å². The highest BCUT2D eigenvalue weighted by Gasteiger charge is 2.17. The number of hydrogen-bond donors (Lipinski definition) is 0. The summed E-state index contributed by atoms with van der Waals surface area (Å²) in [7, 11) is 1.42. The maximum absolute atomic E-state index is 11.0. The van der Waals surface area contributed by atoms with Crippen molar-refractivity contribution in [2.45, 2.75) is 19.3 Å². The highest BCUT2D eigenvalue weighted by molar-refractivity contribution is 5.89. The van der Waals surface area contributed by atoms with Crippen LogP contribution in [0.5, 0.6) is 0 Å². The minimum absolute atomic E-state index is 0.0949. The number of ether oxygens (including phenoxy) is 1. The fourth-order valence-electron chi connectivity index (χ4n) is 1.17. The largest absolute Gasteiger partial charge is 0.469 e. The zero-order chi connectivity index (χ0) is 8.10. The van der Waals surface area contributed by atoms with Gasteiger partial charge in [0.05, 0.1) is 13.0 Å². The van der Waals surface area contributed by atoms with Crippen molar-refractivity contribution in [2.75, 3.05) is 13.7 Å². The van der Waals surface area contributed by atoms with Gasteiger partial charge in [-0.05, 0) is 12.8 Å². The van der Waals surface area contributed by atoms with E-state index in [0.29, 0.717) is 0 Å². The Labute approximate surface area is 66.5 Å². The summed E-state index contributed by atoms with van der Waals surface area (Å²) >= 11 is 0. The van der Waals surface area contributed by atoms with Crippen LogP contribution < -0.4 is 0 Å². The van der Waals surface area contributed by atoms with Gasteiger partial charge in [0.1, 0.15) is 0 Å². The first-order valence-corrected chi connectivity index (χ1v) is 3.92. The Morgan fingerprint density at radius 1 is 1.64 bits per heavy atom. The van der Waals surface area contributed by atoms with E-state index in [1.165, 1.54) is 7.11 Å². The summed E-state index contributed by atoms with van der Waals surface area (Å²) in [5.41, 5.74) is 0. The molecule has 1 atom stereocenters. The van der Waals surface area contributed by atoms with Crippen molar-refractivity contribution < 1.29 is 9.53 Å². The molecular weight excluding hydrogens is 142 g/mol. The minimum Gasteiger partial charge on any atom is -0.469 e. The Kier molecular flexibility index (Phi) is 3.08. The molecule has 0 radical (unpaired) electrons. The zero-order valence-electron chi connectivity index (χ0n) is 6.75. The SMILES string of the molecule is COC(=O)C1C=NCCCC1. The van der Waals surface area contributed by atoms with Crippen LogP contribution >= 0.6 is 0 Å². The Morgan fingerprint density at radius 3 is 3.18 bits per heavy atom. The van der Waals surface area contributed by atoms with E-state index in [1.54, 1.807) is 6.21 Å². The van der Waals surface area contributed by atoms with Gasteiger partial charge in [0, 0.05) is 12.8 Å². The van der Waals surface area contributed by atoms with Gasteiger partial charge in [-0.1, -0.05) is 6.42 Å². The molecule has 0 fully saturated rings. The molecule has 62 valence electrons. The Bertz CT molecular complexity index is 165. The first-order chi connectivity index (χ1) is 5.34. The zero-order valence-corrected chi connectivity index (χ0v) is 6.75. The fourth-order valence-corrected chi connectivity index (χ4v) is 1.17. The molecule has 0 spiro atoms. The van der Waals surface area contributed by atoms with Gasteiger partial charge in [-0.3, -0.25) is 9.79 Å². The van der Waals surface area contributed by atoms with Gasteiger partial charge in [0.15, 0.2) is 0 Å². The van der Waals surface area contributed by atoms with Crippen LogP contribution in [0, 0.1) is 5.92 Å². The van der Waals surface area contributed by atoms with Crippen LogP contribution in [0.15, 0.2) is 4.99 Å². The number of carbonyl (C=O) groups excluding carboxylic acids is 1. The molecule has 1 unspecified atom stereocenters. The van der Waals surface area contributed by atoms with Crippen molar-refractivity contribution in [2.24, 2.45) is 10.9 Å². The quantitative estimate of drug-likeness (QED) is 0.530. The average Bonchev–Trinajstić information content (AvgIpc) is 2.30. The van der Waals surface area contributed by atoms with Gasteiger partial charge in [-0.2, -0.15) is 0 Å². The second-order valence-electron chi connectivity index (χ2n) is 2.68. The number of esters is 1. The number of nitrogens with zero attached hydrogens (tertiary/aromatic N) is 1. The predicted octanol–water partition coefficient (Wildman–Crippen LogP) is 1.03. The van der Waals surface area contributed by atoms with Gasteiger partial charge >= 0.3 is 5.97 Å². The number of aliphatic imine (C=N–C) groups is 1. The minimum atomic E-state index is -0.157. The molecule has 0 amide bonds. The highest BCUT2D eigenvalue weighted by atomic mass is 16.5. The molecule has 0 aliphatic carbocycles. The lowest BCUT2D eigenvalue weighted by Crippen LogP contribution is -2.16. The standard InChI is InChI=1S/C8H13NO2/c1-11-8(10)7-4-2-3-5-9-6-7/h6-7H,2-5H2,1H3. The molecule has 1 rings (SSSR count). The first kappa shape index (κ1) is 8.24. The van der Waals surface area contributed by atoms with E-state index in [4.69, 9.17) is 0 Å². The summed E-state index contributed by atoms with van der Waals surface area (Å²) in [5.74, 6) is -0.252. The van der Waals surface area contributed by atoms with Crippen LogP contribution in [0.1, 0.15) is 19.3 Å². The molecule has 3 nitrogen and oxygen atoms in total. The molecular formula is C8H13NO2. The molecule has 1 heterocycles. The summed E-state index contributed by atoms with van der Waals surface area (Å²) in [6, 6.07) is 0. The molecule has 0 saturated heterocycles. The van der Waals surface area contributed by atoms with Gasteiger partial charge < -0.3 is 4.74 Å². The molecule has 0 aromatic rings. The highest BCUT2D eigenvalue weighted by Crippen LogP contribution is 2.11. The topological polar surface area (TPSA) is 38.7 Å². The number of hydrogen-bond acceptors (Lipinski definition) is 3. The normalized spacial score (nSPS) is 24.3. The molecule has 0 bridgehead atoms. The van der Waals surface area contributed by atoms with Crippen molar-refractivity contribution in [3.63, 3.8) is 0 Å². The smallest absolute Gasteiger partial charge is 0.314 e. The van der Waals surface area contributed by atoms with Crippen LogP contribution in [0.2, 0.25) is 0 Å². The van der Waals surface area contributed by atoms with Crippen molar-refractivity contribution in [1.82, 2.24) is 0 Å². The van der Waals surface area contributed by atoms with Crippen molar-refractivity contribution in [3.8, 4) is 0 Å². The van der Waals surface area contributed by atoms with Crippen LogP contribution in [0.3, 0.4) is 0 Å². The van der Waals surface area contributed by atoms with E-state index < -0.39 is 0 Å². The maximum Gasteiger partial charge on any atom is 0.314 e. The van der Waals surface area contributed by atoms with Crippen molar-refractivity contribution in [1.29, 1.82) is 0 Å². The molecule has 1 aliphatic rings. The maximum atomic E-state index is 11.0. The first-order valence-electron chi connectivity index (χ1n) is 3.92. The van der Waals surface area contributed by atoms with Crippen LogP contribution in [0.25, 0.3) is 0 Å². The third kappa shape index (κ3) is 2.33. The summed E-state index contributed by atoms with van der Waals surface area (Å²) < 4.78 is 4.62. The lowest BCUT2D eigenvalue weighted by atomic mass is 10.1. The van der Waals surface area contributed by atoms with Gasteiger partial charge in [-0.25, -0.2) is 0 Å². The fraction of sp³-hybridized carbons (Fsp3) is 0.750. The van der Waals surface area contributed by atoms with Crippen LogP contribution in [0.4, 0.5) is 0 Å². The number of methoxy groups -OCH3 is 1. The second kappa shape index (κ2) is 4.11. The third-order valence-corrected chi connectivity index (χ3v) is 1.84. The monoisotopic (exact) mass is 155 g/mol. The van der Waals surface area contributed by atoms with E-state index in [9.17, 15) is 4.79 Å². The summed E-state index contributed by atoms with van der Waals surface area (Å²) in [6.45, 7) is 0.855. The number of rotatable bonds is 1. The molecule has 0 N–H and O–H groups in total. The Morgan fingerprint density at radius 2 is 2.45 bits per heavy atom. The number of carbonyl (C=O) groups is 1. The van der Waals surface area contributed by atoms with Gasteiger partial charge in [-0.15, -0.1) is 0 Å². The van der Waals surface area contributed by atoms with E-state index in [0.717, 1.165) is 25.8 Å². The average molecular weight is 155 g/mol. The molecule has 1 aliphatic heterocycles. The third-order valence-electron chi connectivity index (χ3n) is 1.84. The van der Waals surface area contributed by atoms with Gasteiger partial charge in [0.25, 0.3) is 0 Å². The second-order valence-corrected chi connectivity index (χ2v) is 2.68. The summed E-state index contributed by atoms with van der Waals surface area (Å²) in [4.78, 5) is 15.1. The van der Waals surface area contributed by atoms with E-state index in [1.807, 2.05) is 0 Å². The molecule has 11 heavy (non-hydrogen) atoms. The lowest BCUT2D eigenvalue weighted by Gasteiger charge is -2.05. The summed E-state index contributed by atoms with van der Waals surface area (Å²) in [6.07, 6.45) is 4.76. The van der Waals surface area contributed by atoms with Gasteiger partial charge in [0.2, 0.25) is 0 Å². The van der Waals surface area contributed by atoms with Crippen molar-refractivity contribution in [3.05, 3.63) is 0 Å². The van der Waals surface area contributed by atoms with E-state index in [-0.39, 0.29) is 11.9 Å². The molecule has 0 aromatic heterocycles. The van der Waals surface area contributed by atoms with Crippen LogP contribution in [-0.4, -0.2) is 25.8 Å². The van der Waals surface area contributed by atoms with E-state index in [2.05, 4.69) is 9.73 Å². The van der Waals surface area contributed by atoms with Crippen LogP contribution in [-0.2, 0) is 9.53 Å². The Balaban J connectivity index is 2.48. The van der Waals surface area contributed by atoms with Crippen molar-refractivity contribution >= 4 is 12.2 Å². The Hall–Kier alpha value is -0.860. The molecule has 3 heteroatoms. The molecule has 0 aromatic carbocycles. The lowest BCUT2D eigenvalue weighted by molar-refractivity contribution is -0.143. The summed E-state index contributed by atoms with van der Waals surface area (Å²) in [5, 5.41) is 0. The predicted molar refractivity (Wildman–Crippen MR) is 42.7 cm³/mol.